The van der Waals surface area contributed by atoms with Crippen molar-refractivity contribution in [2.24, 2.45) is 0 Å². The summed E-state index contributed by atoms with van der Waals surface area (Å²) in [6.07, 6.45) is 1.91. The first-order valence-corrected chi connectivity index (χ1v) is 9.60. The minimum absolute atomic E-state index is 0.361. The van der Waals surface area contributed by atoms with Gasteiger partial charge >= 0.3 is 0 Å². The molecule has 21 heavy (non-hydrogen) atoms. The molecule has 1 heterocycles. The highest BCUT2D eigenvalue weighted by atomic mass is 32.2. The zero-order chi connectivity index (χ0) is 15.9. The van der Waals surface area contributed by atoms with E-state index >= 15 is 0 Å². The monoisotopic (exact) mass is 333 g/mol. The minimum Gasteiger partial charge on any atom is -0.317 e. The van der Waals surface area contributed by atoms with Gasteiger partial charge < -0.3 is 5.32 Å². The van der Waals surface area contributed by atoms with E-state index in [-0.39, 0.29) is 0 Å². The summed E-state index contributed by atoms with van der Waals surface area (Å²) >= 11 is 1.64. The number of aryl methyl sites for hydroxylation is 2. The van der Waals surface area contributed by atoms with E-state index in [9.17, 15) is 8.42 Å². The van der Waals surface area contributed by atoms with Gasteiger partial charge in [-0.05, 0) is 51.4 Å². The van der Waals surface area contributed by atoms with Gasteiger partial charge in [0, 0.05) is 29.9 Å². The van der Waals surface area contributed by atoms with Crippen molar-refractivity contribution in [1.82, 2.24) is 14.3 Å². The smallest absolute Gasteiger partial charge is 0.279 e. The Hall–Kier alpha value is -0.470. The van der Waals surface area contributed by atoms with Crippen molar-refractivity contribution >= 4 is 21.5 Å². The van der Waals surface area contributed by atoms with Crippen LogP contribution in [0.1, 0.15) is 35.1 Å². The molecule has 122 valence electrons. The molecule has 1 rings (SSSR count). The predicted molar refractivity (Wildman–Crippen MR) is 90.0 cm³/mol. The number of hydrogen-bond donors (Lipinski definition) is 2. The van der Waals surface area contributed by atoms with Crippen molar-refractivity contribution in [2.75, 3.05) is 26.7 Å². The van der Waals surface area contributed by atoms with Crippen LogP contribution in [-0.4, -0.2) is 39.4 Å². The second-order valence-corrected chi connectivity index (χ2v) is 8.41. The maximum atomic E-state index is 12.1. The Morgan fingerprint density at radius 1 is 1.29 bits per heavy atom. The molecule has 0 aliphatic carbocycles. The maximum Gasteiger partial charge on any atom is 0.279 e. The average molecular weight is 334 g/mol. The Labute approximate surface area is 132 Å². The molecule has 0 aliphatic rings. The molecular formula is C14H27N3O2S2. The quantitative estimate of drug-likeness (QED) is 0.644. The summed E-state index contributed by atoms with van der Waals surface area (Å²) in [5, 5.41) is 3.27. The van der Waals surface area contributed by atoms with Gasteiger partial charge in [-0.2, -0.15) is 17.4 Å². The zero-order valence-corrected chi connectivity index (χ0v) is 15.0. The van der Waals surface area contributed by atoms with Gasteiger partial charge in [0.1, 0.15) is 0 Å². The van der Waals surface area contributed by atoms with E-state index in [1.165, 1.54) is 14.7 Å². The number of hydrogen-bond acceptors (Lipinski definition) is 4. The van der Waals surface area contributed by atoms with Crippen molar-refractivity contribution in [3.8, 4) is 0 Å². The van der Waals surface area contributed by atoms with E-state index in [1.807, 2.05) is 19.9 Å². The van der Waals surface area contributed by atoms with Crippen molar-refractivity contribution in [1.29, 1.82) is 0 Å². The van der Waals surface area contributed by atoms with E-state index in [0.717, 1.165) is 30.8 Å². The van der Waals surface area contributed by atoms with Gasteiger partial charge in [0.2, 0.25) is 0 Å². The van der Waals surface area contributed by atoms with Crippen molar-refractivity contribution in [3.05, 3.63) is 21.4 Å². The molecule has 5 nitrogen and oxygen atoms in total. The van der Waals surface area contributed by atoms with Crippen LogP contribution >= 0.6 is 11.3 Å². The Morgan fingerprint density at radius 2 is 2.00 bits per heavy atom. The SMILES string of the molecule is CCCNCCCN(C)S(=O)(=O)NCc1cc(C)c(C)s1. The summed E-state index contributed by atoms with van der Waals surface area (Å²) in [7, 11) is -1.77. The molecule has 0 aliphatic heterocycles. The van der Waals surface area contributed by atoms with Crippen LogP contribution in [0.25, 0.3) is 0 Å². The lowest BCUT2D eigenvalue weighted by Crippen LogP contribution is -2.38. The zero-order valence-electron chi connectivity index (χ0n) is 13.4. The van der Waals surface area contributed by atoms with Crippen molar-refractivity contribution in [3.63, 3.8) is 0 Å². The van der Waals surface area contributed by atoms with Gasteiger partial charge in [-0.15, -0.1) is 11.3 Å². The summed E-state index contributed by atoms with van der Waals surface area (Å²) in [5.74, 6) is 0. The van der Waals surface area contributed by atoms with Gasteiger partial charge in [-0.3, -0.25) is 0 Å². The predicted octanol–water partition coefficient (Wildman–Crippen LogP) is 2.02. The van der Waals surface area contributed by atoms with Crippen molar-refractivity contribution < 1.29 is 8.42 Å². The topological polar surface area (TPSA) is 61.4 Å². The first kappa shape index (κ1) is 18.6. The second-order valence-electron chi connectivity index (χ2n) is 5.20. The fourth-order valence-electron chi connectivity index (χ4n) is 1.86. The Bertz CT molecular complexity index is 507. The van der Waals surface area contributed by atoms with Crippen LogP contribution in [0.2, 0.25) is 0 Å². The first-order chi connectivity index (χ1) is 9.86. The van der Waals surface area contributed by atoms with Crippen LogP contribution < -0.4 is 10.0 Å². The van der Waals surface area contributed by atoms with Gasteiger partial charge in [-0.25, -0.2) is 0 Å². The number of nitrogens with zero attached hydrogens (tertiary/aromatic N) is 1. The highest BCUT2D eigenvalue weighted by Crippen LogP contribution is 2.20. The maximum absolute atomic E-state index is 12.1. The van der Waals surface area contributed by atoms with Crippen LogP contribution in [0, 0.1) is 13.8 Å². The molecule has 0 aromatic carbocycles. The molecule has 0 radical (unpaired) electrons. The normalized spacial score (nSPS) is 12.2. The summed E-state index contributed by atoms with van der Waals surface area (Å²) in [5.41, 5.74) is 1.21. The van der Waals surface area contributed by atoms with E-state index in [0.29, 0.717) is 13.1 Å². The lowest BCUT2D eigenvalue weighted by molar-refractivity contribution is 0.444. The fourth-order valence-corrected chi connectivity index (χ4v) is 3.87. The van der Waals surface area contributed by atoms with Gasteiger partial charge in [0.05, 0.1) is 0 Å². The van der Waals surface area contributed by atoms with Gasteiger partial charge in [-0.1, -0.05) is 6.92 Å². The molecule has 0 spiro atoms. The largest absolute Gasteiger partial charge is 0.317 e. The number of nitrogens with one attached hydrogen (secondary N) is 2. The molecule has 1 aromatic rings. The highest BCUT2D eigenvalue weighted by molar-refractivity contribution is 7.87. The van der Waals surface area contributed by atoms with Crippen LogP contribution in [0.15, 0.2) is 6.07 Å². The molecule has 1 aromatic heterocycles. The molecule has 0 saturated carbocycles. The van der Waals surface area contributed by atoms with Crippen LogP contribution in [0.5, 0.6) is 0 Å². The van der Waals surface area contributed by atoms with Crippen molar-refractivity contribution in [2.45, 2.75) is 40.2 Å². The summed E-state index contributed by atoms with van der Waals surface area (Å²) in [4.78, 5) is 2.28. The van der Waals surface area contributed by atoms with Crippen LogP contribution in [0.4, 0.5) is 0 Å². The third-order valence-electron chi connectivity index (χ3n) is 3.31. The summed E-state index contributed by atoms with van der Waals surface area (Å²) in [6, 6.07) is 2.04. The van der Waals surface area contributed by atoms with Crippen LogP contribution in [0.3, 0.4) is 0 Å². The Kier molecular flexibility index (Phi) is 7.83. The molecule has 0 unspecified atom stereocenters. The molecular weight excluding hydrogens is 306 g/mol. The highest BCUT2D eigenvalue weighted by Gasteiger charge is 2.17. The summed E-state index contributed by atoms with van der Waals surface area (Å²) < 4.78 is 28.3. The molecule has 0 atom stereocenters. The minimum atomic E-state index is -3.39. The molecule has 2 N–H and O–H groups in total. The van der Waals surface area contributed by atoms with E-state index in [2.05, 4.69) is 17.0 Å². The average Bonchev–Trinajstić information content (AvgIpc) is 2.75. The van der Waals surface area contributed by atoms with E-state index in [1.54, 1.807) is 18.4 Å². The Morgan fingerprint density at radius 3 is 2.57 bits per heavy atom. The Balaban J connectivity index is 2.37. The van der Waals surface area contributed by atoms with Gasteiger partial charge in [0.15, 0.2) is 0 Å². The third-order valence-corrected chi connectivity index (χ3v) is 5.97. The number of thiophene rings is 1. The first-order valence-electron chi connectivity index (χ1n) is 7.34. The molecule has 0 fully saturated rings. The molecule has 0 amide bonds. The molecule has 0 bridgehead atoms. The third kappa shape index (κ3) is 6.44. The fraction of sp³-hybridized carbons (Fsp3) is 0.714. The number of rotatable bonds is 10. The van der Waals surface area contributed by atoms with E-state index in [4.69, 9.17) is 0 Å². The lowest BCUT2D eigenvalue weighted by Gasteiger charge is -2.17. The lowest BCUT2D eigenvalue weighted by atomic mass is 10.3. The standard InChI is InChI=1S/C14H27N3O2S2/c1-5-7-15-8-6-9-17(4)21(18,19)16-11-14-10-12(2)13(3)20-14/h10,15-16H,5-9,11H2,1-4H3. The summed E-state index contributed by atoms with van der Waals surface area (Å²) in [6.45, 7) is 8.91. The van der Waals surface area contributed by atoms with E-state index < -0.39 is 10.2 Å². The van der Waals surface area contributed by atoms with Gasteiger partial charge in [0.25, 0.3) is 10.2 Å². The molecule has 0 saturated heterocycles. The molecule has 7 heteroatoms. The second kappa shape index (κ2) is 8.85. The van der Waals surface area contributed by atoms with Crippen LogP contribution in [-0.2, 0) is 16.8 Å².